The number of hydrogen-bond acceptors (Lipinski definition) is 8. The van der Waals surface area contributed by atoms with E-state index in [1.807, 2.05) is 0 Å². The van der Waals surface area contributed by atoms with Crippen LogP contribution < -0.4 is 15.7 Å². The molecule has 1 aliphatic heterocycles. The molecule has 2 heterocycles. The molecule has 1 fully saturated rings. The number of aliphatic hydroxyl groups is 1. The fraction of sp³-hybridized carbons (Fsp3) is 0.435. The first-order valence-corrected chi connectivity index (χ1v) is 14.9. The number of sulfonamides is 1. The van der Waals surface area contributed by atoms with Crippen molar-refractivity contribution in [2.24, 2.45) is 5.92 Å². The average Bonchev–Trinajstić information content (AvgIpc) is 3.23. The lowest BCUT2D eigenvalue weighted by atomic mass is 9.98. The summed E-state index contributed by atoms with van der Waals surface area (Å²) in [6, 6.07) is 10.5. The van der Waals surface area contributed by atoms with E-state index in [9.17, 15) is 26.7 Å². The lowest BCUT2D eigenvalue weighted by Crippen LogP contribution is -2.42. The number of aromatic nitrogens is 2. The number of imidazole rings is 1. The minimum absolute atomic E-state index is 0.0497. The molecule has 0 spiro atoms. The quantitative estimate of drug-likeness (QED) is 0.293. The predicted molar refractivity (Wildman–Crippen MR) is 134 cm³/mol. The molecule has 0 radical (unpaired) electrons. The Labute approximate surface area is 209 Å². The molecular formula is C23H30N4O7S2. The second-order valence-corrected chi connectivity index (χ2v) is 12.9. The summed E-state index contributed by atoms with van der Waals surface area (Å²) in [5, 5.41) is 13.5. The van der Waals surface area contributed by atoms with Crippen molar-refractivity contribution in [1.82, 2.24) is 19.6 Å². The summed E-state index contributed by atoms with van der Waals surface area (Å²) in [5.41, 5.74) is 0.854. The van der Waals surface area contributed by atoms with Gasteiger partial charge in [0.05, 0.1) is 15.3 Å². The smallest absolute Gasteiger partial charge is 0.323 e. The van der Waals surface area contributed by atoms with Gasteiger partial charge in [-0.2, -0.15) is 4.31 Å². The van der Waals surface area contributed by atoms with Crippen LogP contribution in [0.15, 0.2) is 57.1 Å². The van der Waals surface area contributed by atoms with E-state index in [4.69, 9.17) is 4.74 Å². The molecule has 1 aliphatic rings. The van der Waals surface area contributed by atoms with Crippen LogP contribution in [0.3, 0.4) is 0 Å². The predicted octanol–water partition coefficient (Wildman–Crippen LogP) is 0.690. The van der Waals surface area contributed by atoms with Crippen LogP contribution in [0.25, 0.3) is 11.0 Å². The van der Waals surface area contributed by atoms with E-state index in [2.05, 4.69) is 15.3 Å². The summed E-state index contributed by atoms with van der Waals surface area (Å²) >= 11 is 0. The lowest BCUT2D eigenvalue weighted by Gasteiger charge is -2.31. The van der Waals surface area contributed by atoms with Gasteiger partial charge < -0.3 is 25.1 Å². The highest BCUT2D eigenvalue weighted by molar-refractivity contribution is 7.90. The Kier molecular flexibility index (Phi) is 7.85. The highest BCUT2D eigenvalue weighted by atomic mass is 32.2. The number of para-hydroxylation sites is 1. The third-order valence-electron chi connectivity index (χ3n) is 6.22. The minimum atomic E-state index is -3.69. The first-order valence-electron chi connectivity index (χ1n) is 11.6. The van der Waals surface area contributed by atoms with Gasteiger partial charge in [0.2, 0.25) is 10.0 Å². The molecule has 36 heavy (non-hydrogen) atoms. The van der Waals surface area contributed by atoms with Gasteiger partial charge in [-0.25, -0.2) is 21.6 Å². The van der Waals surface area contributed by atoms with Gasteiger partial charge >= 0.3 is 5.69 Å². The SMILES string of the molecule is CS(=O)(=O)c1ccc(S(=O)(=O)N2CCC(CNC[C@H](O)COc3cccc4[nH]c(=O)[nH]c34)CC2)cc1. The molecule has 4 rings (SSSR count). The van der Waals surface area contributed by atoms with Gasteiger partial charge in [-0.15, -0.1) is 0 Å². The first-order chi connectivity index (χ1) is 17.0. The van der Waals surface area contributed by atoms with Crippen molar-refractivity contribution >= 4 is 30.9 Å². The van der Waals surface area contributed by atoms with E-state index in [-0.39, 0.29) is 28.0 Å². The van der Waals surface area contributed by atoms with Gasteiger partial charge in [0.15, 0.2) is 9.84 Å². The Morgan fingerprint density at radius 1 is 1.06 bits per heavy atom. The zero-order chi connectivity index (χ0) is 25.9. The fourth-order valence-corrected chi connectivity index (χ4v) is 6.31. The van der Waals surface area contributed by atoms with Crippen molar-refractivity contribution in [1.29, 1.82) is 0 Å². The van der Waals surface area contributed by atoms with Crippen molar-refractivity contribution in [2.45, 2.75) is 28.7 Å². The molecule has 2 aromatic carbocycles. The Morgan fingerprint density at radius 3 is 2.39 bits per heavy atom. The summed E-state index contributed by atoms with van der Waals surface area (Å²) in [6.07, 6.45) is 1.65. The van der Waals surface area contributed by atoms with Crippen molar-refractivity contribution in [3.8, 4) is 5.75 Å². The number of nitrogens with zero attached hydrogens (tertiary/aromatic N) is 1. The highest BCUT2D eigenvalue weighted by Crippen LogP contribution is 2.25. The molecule has 1 saturated heterocycles. The summed E-state index contributed by atoms with van der Waals surface area (Å²) < 4.78 is 56.2. The number of piperidine rings is 1. The number of aliphatic hydroxyl groups excluding tert-OH is 1. The Morgan fingerprint density at radius 2 is 1.72 bits per heavy atom. The van der Waals surface area contributed by atoms with Crippen LogP contribution in [-0.2, 0) is 19.9 Å². The fourth-order valence-electron chi connectivity index (χ4n) is 4.21. The first kappa shape index (κ1) is 26.4. The number of hydrogen-bond donors (Lipinski definition) is 4. The molecule has 11 nitrogen and oxygen atoms in total. The molecule has 1 aromatic heterocycles. The monoisotopic (exact) mass is 538 g/mol. The molecule has 1 atom stereocenters. The normalized spacial score (nSPS) is 16.8. The van der Waals surface area contributed by atoms with Crippen molar-refractivity contribution < 1.29 is 26.7 Å². The molecule has 4 N–H and O–H groups in total. The summed E-state index contributed by atoms with van der Waals surface area (Å²) in [6.45, 7) is 1.73. The molecule has 0 unspecified atom stereocenters. The molecular weight excluding hydrogens is 508 g/mol. The van der Waals surface area contributed by atoms with Gasteiger partial charge in [0.25, 0.3) is 0 Å². The maximum absolute atomic E-state index is 12.9. The summed E-state index contributed by atoms with van der Waals surface area (Å²) in [5.74, 6) is 0.736. The largest absolute Gasteiger partial charge is 0.489 e. The van der Waals surface area contributed by atoms with Crippen molar-refractivity contribution in [2.75, 3.05) is 39.0 Å². The Bertz CT molecular complexity index is 1460. The van der Waals surface area contributed by atoms with Gasteiger partial charge in [-0.1, -0.05) is 6.07 Å². The topological polar surface area (TPSA) is 162 Å². The number of nitrogens with one attached hydrogen (secondary N) is 3. The average molecular weight is 539 g/mol. The number of fused-ring (bicyclic) bond motifs is 1. The maximum atomic E-state index is 12.9. The molecule has 196 valence electrons. The third-order valence-corrected chi connectivity index (χ3v) is 9.26. The van der Waals surface area contributed by atoms with Crippen LogP contribution in [-0.4, -0.2) is 81.4 Å². The van der Waals surface area contributed by atoms with Crippen LogP contribution in [0.5, 0.6) is 5.75 Å². The number of sulfone groups is 1. The number of aromatic amines is 2. The number of rotatable bonds is 10. The van der Waals surface area contributed by atoms with Crippen LogP contribution in [0.2, 0.25) is 0 Å². The molecule has 0 amide bonds. The number of benzene rings is 2. The van der Waals surface area contributed by atoms with E-state index in [0.717, 1.165) is 6.26 Å². The summed E-state index contributed by atoms with van der Waals surface area (Å²) in [4.78, 5) is 17.0. The molecule has 13 heteroatoms. The van der Waals surface area contributed by atoms with Crippen LogP contribution in [0.4, 0.5) is 0 Å². The van der Waals surface area contributed by atoms with Gasteiger partial charge in [-0.05, 0) is 61.7 Å². The Hall–Kier alpha value is -2.71. The van der Waals surface area contributed by atoms with E-state index < -0.39 is 26.0 Å². The molecule has 0 bridgehead atoms. The van der Waals surface area contributed by atoms with Gasteiger partial charge in [0, 0.05) is 25.9 Å². The van der Waals surface area contributed by atoms with Gasteiger partial charge in [-0.3, -0.25) is 0 Å². The zero-order valence-electron chi connectivity index (χ0n) is 19.8. The minimum Gasteiger partial charge on any atom is -0.489 e. The second-order valence-electron chi connectivity index (χ2n) is 8.97. The zero-order valence-corrected chi connectivity index (χ0v) is 21.4. The van der Waals surface area contributed by atoms with Crippen LogP contribution in [0, 0.1) is 5.92 Å². The van der Waals surface area contributed by atoms with E-state index in [1.165, 1.54) is 28.6 Å². The van der Waals surface area contributed by atoms with Crippen molar-refractivity contribution in [3.05, 3.63) is 52.9 Å². The number of ether oxygens (including phenoxy) is 1. The third kappa shape index (κ3) is 6.16. The Balaban J connectivity index is 1.21. The van der Waals surface area contributed by atoms with E-state index in [0.29, 0.717) is 55.8 Å². The lowest BCUT2D eigenvalue weighted by molar-refractivity contribution is 0.105. The van der Waals surface area contributed by atoms with Gasteiger partial charge in [0.1, 0.15) is 24.0 Å². The van der Waals surface area contributed by atoms with E-state index in [1.54, 1.807) is 18.2 Å². The maximum Gasteiger partial charge on any atom is 0.323 e. The molecule has 0 aliphatic carbocycles. The van der Waals surface area contributed by atoms with E-state index >= 15 is 0 Å². The van der Waals surface area contributed by atoms with Crippen LogP contribution in [0.1, 0.15) is 12.8 Å². The standard InChI is InChI=1S/C23H30N4O7S2/c1-35(30,31)18-5-7-19(8-6-18)36(32,33)27-11-9-16(10-12-27)13-24-14-17(28)15-34-21-4-2-3-20-22(21)26-23(29)25-20/h2-8,16-17,24,28H,9-15H2,1H3,(H2,25,26,29)/t17-/m0/s1. The summed E-state index contributed by atoms with van der Waals surface area (Å²) in [7, 11) is -7.09. The van der Waals surface area contributed by atoms with Crippen molar-refractivity contribution in [3.63, 3.8) is 0 Å². The second kappa shape index (κ2) is 10.7. The number of H-pyrrole nitrogens is 2. The molecule has 0 saturated carbocycles. The highest BCUT2D eigenvalue weighted by Gasteiger charge is 2.29. The molecule has 3 aromatic rings. The van der Waals surface area contributed by atoms with Crippen LogP contribution >= 0.6 is 0 Å².